The van der Waals surface area contributed by atoms with Crippen LogP contribution in [0.2, 0.25) is 0 Å². The molecule has 0 unspecified atom stereocenters. The molecule has 2 aromatic rings. The van der Waals surface area contributed by atoms with Gasteiger partial charge in [-0.3, -0.25) is 4.79 Å². The van der Waals surface area contributed by atoms with Crippen LogP contribution in [0.5, 0.6) is 11.5 Å². The molecule has 0 saturated carbocycles. The second-order valence-electron chi connectivity index (χ2n) is 7.56. The molecule has 1 heterocycles. The summed E-state index contributed by atoms with van der Waals surface area (Å²) in [5.41, 5.74) is 2.26. The van der Waals surface area contributed by atoms with Gasteiger partial charge in [-0.1, -0.05) is 38.1 Å². The Morgan fingerprint density at radius 2 is 1.80 bits per heavy atom. The molecule has 1 amide bonds. The first-order valence-electron chi connectivity index (χ1n) is 10.4. The molecule has 6 heteroatoms. The average Bonchev–Trinajstić information content (AvgIpc) is 2.73. The van der Waals surface area contributed by atoms with Crippen molar-refractivity contribution in [3.05, 3.63) is 59.2 Å². The van der Waals surface area contributed by atoms with Gasteiger partial charge in [0.05, 0.1) is 24.8 Å². The molecular formula is C24H29NO5. The topological polar surface area (TPSA) is 73.9 Å². The number of nitrogens with one attached hydrogen (secondary N) is 1. The van der Waals surface area contributed by atoms with Crippen LogP contribution in [0.15, 0.2) is 42.5 Å². The van der Waals surface area contributed by atoms with Gasteiger partial charge in [0.2, 0.25) is 0 Å². The van der Waals surface area contributed by atoms with Crippen LogP contribution in [0.4, 0.5) is 0 Å². The van der Waals surface area contributed by atoms with E-state index < -0.39 is 12.1 Å². The third-order valence-corrected chi connectivity index (χ3v) is 5.08. The highest BCUT2D eigenvalue weighted by molar-refractivity contribution is 5.95. The molecule has 1 aliphatic rings. The Hall–Kier alpha value is -3.02. The third-order valence-electron chi connectivity index (χ3n) is 5.08. The molecule has 0 fully saturated rings. The minimum Gasteiger partial charge on any atom is -0.490 e. The van der Waals surface area contributed by atoms with E-state index in [0.717, 1.165) is 11.1 Å². The van der Waals surface area contributed by atoms with Crippen molar-refractivity contribution in [1.82, 2.24) is 5.32 Å². The summed E-state index contributed by atoms with van der Waals surface area (Å²) in [4.78, 5) is 25.3. The van der Waals surface area contributed by atoms with Gasteiger partial charge in [0.1, 0.15) is 0 Å². The fourth-order valence-electron chi connectivity index (χ4n) is 3.62. The van der Waals surface area contributed by atoms with Crippen LogP contribution < -0.4 is 14.8 Å². The number of carbonyl (C=O) groups is 2. The Morgan fingerprint density at radius 1 is 1.10 bits per heavy atom. The zero-order valence-corrected chi connectivity index (χ0v) is 17.9. The van der Waals surface area contributed by atoms with Gasteiger partial charge < -0.3 is 19.5 Å². The van der Waals surface area contributed by atoms with Crippen LogP contribution in [-0.2, 0) is 16.0 Å². The highest BCUT2D eigenvalue weighted by Gasteiger charge is 2.33. The molecular weight excluding hydrogens is 382 g/mol. The van der Waals surface area contributed by atoms with E-state index in [0.29, 0.717) is 36.7 Å². The number of rotatable bonds is 8. The summed E-state index contributed by atoms with van der Waals surface area (Å²) in [7, 11) is 0. The molecule has 0 bridgehead atoms. The highest BCUT2D eigenvalue weighted by atomic mass is 16.5. The molecule has 0 aliphatic carbocycles. The first kappa shape index (κ1) is 21.7. The van der Waals surface area contributed by atoms with Crippen molar-refractivity contribution >= 4 is 11.9 Å². The minimum absolute atomic E-state index is 0.118. The van der Waals surface area contributed by atoms with Gasteiger partial charge in [-0.15, -0.1) is 0 Å². The number of carbonyl (C=O) groups excluding carboxylic acids is 2. The Bertz CT molecular complexity index is 908. The number of esters is 1. The van der Waals surface area contributed by atoms with Crippen LogP contribution >= 0.6 is 0 Å². The van der Waals surface area contributed by atoms with E-state index in [1.807, 2.05) is 58.0 Å². The lowest BCUT2D eigenvalue weighted by molar-refractivity contribution is -0.131. The van der Waals surface area contributed by atoms with E-state index in [1.165, 1.54) is 0 Å². The predicted molar refractivity (Wildman–Crippen MR) is 114 cm³/mol. The monoisotopic (exact) mass is 411 g/mol. The first-order valence-corrected chi connectivity index (χ1v) is 10.4. The normalized spacial score (nSPS) is 16.4. The van der Waals surface area contributed by atoms with E-state index in [9.17, 15) is 9.59 Å². The van der Waals surface area contributed by atoms with Crippen LogP contribution in [0, 0.1) is 5.92 Å². The highest BCUT2D eigenvalue weighted by Crippen LogP contribution is 2.33. The summed E-state index contributed by atoms with van der Waals surface area (Å²) in [5, 5.41) is 3.06. The fraction of sp³-hybridized carbons (Fsp3) is 0.417. The molecule has 6 nitrogen and oxygen atoms in total. The van der Waals surface area contributed by atoms with E-state index in [2.05, 4.69) is 5.32 Å². The number of hydrogen-bond acceptors (Lipinski definition) is 5. The maximum Gasteiger partial charge on any atom is 0.339 e. The van der Waals surface area contributed by atoms with Crippen molar-refractivity contribution in [3.8, 4) is 11.5 Å². The summed E-state index contributed by atoms with van der Waals surface area (Å²) in [6, 6.07) is 12.7. The molecule has 0 radical (unpaired) electrons. The Balaban J connectivity index is 1.80. The lowest BCUT2D eigenvalue weighted by Gasteiger charge is -2.28. The SMILES string of the molecule is CCOc1ccc([C@@H](NC(=O)[C@H]2Cc3ccccc3C(=O)O2)C(C)C)cc1OCC. The average molecular weight is 411 g/mol. The Morgan fingerprint density at radius 3 is 2.50 bits per heavy atom. The molecule has 2 atom stereocenters. The maximum atomic E-state index is 13.0. The van der Waals surface area contributed by atoms with Gasteiger partial charge in [0.15, 0.2) is 17.6 Å². The van der Waals surface area contributed by atoms with Gasteiger partial charge in [-0.25, -0.2) is 4.79 Å². The molecule has 2 aromatic carbocycles. The third kappa shape index (κ3) is 4.75. The van der Waals surface area contributed by atoms with Crippen molar-refractivity contribution in [2.75, 3.05) is 13.2 Å². The van der Waals surface area contributed by atoms with Crippen molar-refractivity contribution in [1.29, 1.82) is 0 Å². The first-order chi connectivity index (χ1) is 14.4. The summed E-state index contributed by atoms with van der Waals surface area (Å²) in [6.07, 6.45) is -0.478. The molecule has 1 N–H and O–H groups in total. The van der Waals surface area contributed by atoms with Gasteiger partial charge in [-0.05, 0) is 49.1 Å². The number of fused-ring (bicyclic) bond motifs is 1. The largest absolute Gasteiger partial charge is 0.490 e. The molecule has 160 valence electrons. The lowest BCUT2D eigenvalue weighted by Crippen LogP contribution is -2.44. The zero-order chi connectivity index (χ0) is 21.7. The summed E-state index contributed by atoms with van der Waals surface area (Å²) < 4.78 is 16.8. The second kappa shape index (κ2) is 9.65. The van der Waals surface area contributed by atoms with Crippen LogP contribution in [0.3, 0.4) is 0 Å². The maximum absolute atomic E-state index is 13.0. The Kier molecular flexibility index (Phi) is 6.98. The molecule has 1 aliphatic heterocycles. The summed E-state index contributed by atoms with van der Waals surface area (Å²) >= 11 is 0. The van der Waals surface area contributed by atoms with Crippen molar-refractivity contribution in [2.24, 2.45) is 5.92 Å². The smallest absolute Gasteiger partial charge is 0.339 e. The fourth-order valence-corrected chi connectivity index (χ4v) is 3.62. The van der Waals surface area contributed by atoms with Crippen molar-refractivity contribution in [3.63, 3.8) is 0 Å². The summed E-state index contributed by atoms with van der Waals surface area (Å²) in [6.45, 7) is 8.95. The Labute approximate surface area is 177 Å². The number of cyclic esters (lactones) is 1. The predicted octanol–water partition coefficient (Wildman–Crippen LogP) is 4.08. The zero-order valence-electron chi connectivity index (χ0n) is 17.9. The van der Waals surface area contributed by atoms with E-state index in [1.54, 1.807) is 12.1 Å². The van der Waals surface area contributed by atoms with Crippen LogP contribution in [-0.4, -0.2) is 31.2 Å². The quantitative estimate of drug-likeness (QED) is 0.663. The van der Waals surface area contributed by atoms with Crippen LogP contribution in [0.1, 0.15) is 55.2 Å². The number of amides is 1. The van der Waals surface area contributed by atoms with Crippen molar-refractivity contribution in [2.45, 2.75) is 46.3 Å². The number of ether oxygens (including phenoxy) is 3. The van der Waals surface area contributed by atoms with Crippen molar-refractivity contribution < 1.29 is 23.8 Å². The van der Waals surface area contributed by atoms with Gasteiger partial charge in [0, 0.05) is 6.42 Å². The standard InChI is InChI=1S/C24H29NO5/c1-5-28-19-12-11-17(14-20(19)29-6-2)22(15(3)4)25-23(26)21-13-16-9-7-8-10-18(16)24(27)30-21/h7-12,14-15,21-22H,5-6,13H2,1-4H3,(H,25,26)/t21-,22+/m1/s1. The van der Waals surface area contributed by atoms with Gasteiger partial charge >= 0.3 is 5.97 Å². The van der Waals surface area contributed by atoms with Gasteiger partial charge in [-0.2, -0.15) is 0 Å². The van der Waals surface area contributed by atoms with E-state index in [-0.39, 0.29) is 17.9 Å². The molecule has 0 aromatic heterocycles. The second-order valence-corrected chi connectivity index (χ2v) is 7.56. The van der Waals surface area contributed by atoms with Gasteiger partial charge in [0.25, 0.3) is 5.91 Å². The molecule has 0 spiro atoms. The lowest BCUT2D eigenvalue weighted by atomic mass is 9.94. The molecule has 3 rings (SSSR count). The van der Waals surface area contributed by atoms with Crippen LogP contribution in [0.25, 0.3) is 0 Å². The summed E-state index contributed by atoms with van der Waals surface area (Å²) in [5.74, 6) is 0.679. The van der Waals surface area contributed by atoms with E-state index in [4.69, 9.17) is 14.2 Å². The number of benzene rings is 2. The molecule has 0 saturated heterocycles. The number of hydrogen-bond donors (Lipinski definition) is 1. The molecule has 30 heavy (non-hydrogen) atoms. The minimum atomic E-state index is -0.845. The van der Waals surface area contributed by atoms with E-state index >= 15 is 0 Å².